The zero-order valence-corrected chi connectivity index (χ0v) is 15.0. The Kier molecular flexibility index (Phi) is 4.20. The van der Waals surface area contributed by atoms with Gasteiger partial charge in [0.15, 0.2) is 0 Å². The molecule has 1 N–H and O–H groups in total. The van der Waals surface area contributed by atoms with Crippen LogP contribution in [0.2, 0.25) is 0 Å². The number of allylic oxidation sites excluding steroid dienone is 1. The number of benzene rings is 1. The highest BCUT2D eigenvalue weighted by molar-refractivity contribution is 5.41. The Morgan fingerprint density at radius 2 is 2.12 bits per heavy atom. The van der Waals surface area contributed by atoms with Gasteiger partial charge in [0.1, 0.15) is 5.75 Å². The largest absolute Gasteiger partial charge is 0.494 e. The molecule has 4 rings (SSSR count). The summed E-state index contributed by atoms with van der Waals surface area (Å²) in [5.74, 6) is 2.93. The third-order valence-corrected chi connectivity index (χ3v) is 6.94. The second kappa shape index (κ2) is 6.22. The average Bonchev–Trinajstić information content (AvgIpc) is 2.90. The van der Waals surface area contributed by atoms with Crippen molar-refractivity contribution >= 4 is 0 Å². The number of fused-ring (bicyclic) bond motifs is 5. The number of aliphatic hydroxyl groups is 1. The molecule has 1 aromatic rings. The van der Waals surface area contributed by atoms with E-state index in [9.17, 15) is 5.11 Å². The molecule has 5 atom stereocenters. The fourth-order valence-electron chi connectivity index (χ4n) is 5.41. The molecule has 0 spiro atoms. The van der Waals surface area contributed by atoms with Gasteiger partial charge in [-0.2, -0.15) is 0 Å². The molecule has 2 heteroatoms. The van der Waals surface area contributed by atoms with Gasteiger partial charge in [0, 0.05) is 5.41 Å². The standard InChI is InChI=1S/C22H30O2/c1-3-4-13-24-16-6-8-17-15(14-16)5-7-19-18(17)11-12-22(2)20(19)9-10-21(22)23/h6,8-10,14,18-21,23H,3-5,7,11-13H2,1-2H3/t18?,19?,20?,21-,22-/m0/s1. The van der Waals surface area contributed by atoms with Crippen LogP contribution in [0.4, 0.5) is 0 Å². The van der Waals surface area contributed by atoms with Crippen LogP contribution < -0.4 is 4.74 Å². The van der Waals surface area contributed by atoms with Crippen LogP contribution in [0, 0.1) is 17.3 Å². The molecule has 3 unspecified atom stereocenters. The molecular weight excluding hydrogens is 296 g/mol. The Morgan fingerprint density at radius 1 is 1.25 bits per heavy atom. The van der Waals surface area contributed by atoms with E-state index < -0.39 is 0 Å². The first-order valence-electron chi connectivity index (χ1n) is 9.75. The van der Waals surface area contributed by atoms with E-state index in [1.165, 1.54) is 24.8 Å². The number of aryl methyl sites for hydroxylation is 1. The number of hydrogen-bond donors (Lipinski definition) is 1. The summed E-state index contributed by atoms with van der Waals surface area (Å²) in [7, 11) is 0. The van der Waals surface area contributed by atoms with Crippen molar-refractivity contribution in [3.63, 3.8) is 0 Å². The predicted molar refractivity (Wildman–Crippen MR) is 97.4 cm³/mol. The number of aliphatic hydroxyl groups excluding tert-OH is 1. The molecule has 3 aliphatic rings. The third-order valence-electron chi connectivity index (χ3n) is 6.94. The Balaban J connectivity index is 1.56. The van der Waals surface area contributed by atoms with Crippen molar-refractivity contribution in [3.8, 4) is 5.75 Å². The third kappa shape index (κ3) is 2.50. The summed E-state index contributed by atoms with van der Waals surface area (Å²) in [4.78, 5) is 0. The summed E-state index contributed by atoms with van der Waals surface area (Å²) < 4.78 is 5.90. The Labute approximate surface area is 145 Å². The lowest BCUT2D eigenvalue weighted by molar-refractivity contribution is -0.0101. The monoisotopic (exact) mass is 326 g/mol. The van der Waals surface area contributed by atoms with Gasteiger partial charge in [0.2, 0.25) is 0 Å². The fourth-order valence-corrected chi connectivity index (χ4v) is 5.41. The molecule has 1 aromatic carbocycles. The quantitative estimate of drug-likeness (QED) is 0.632. The first-order chi connectivity index (χ1) is 11.6. The number of hydrogen-bond acceptors (Lipinski definition) is 2. The second-order valence-electron chi connectivity index (χ2n) is 8.27. The minimum atomic E-state index is -0.251. The van der Waals surface area contributed by atoms with E-state index in [1.54, 1.807) is 5.56 Å². The van der Waals surface area contributed by atoms with Crippen LogP contribution in [0.25, 0.3) is 0 Å². The summed E-state index contributed by atoms with van der Waals surface area (Å²) in [6.07, 6.45) is 11.1. The summed E-state index contributed by atoms with van der Waals surface area (Å²) in [6, 6.07) is 6.78. The van der Waals surface area contributed by atoms with E-state index in [0.717, 1.165) is 31.6 Å². The molecule has 130 valence electrons. The second-order valence-corrected chi connectivity index (χ2v) is 8.27. The van der Waals surface area contributed by atoms with Gasteiger partial charge >= 0.3 is 0 Å². The van der Waals surface area contributed by atoms with Gasteiger partial charge in [-0.3, -0.25) is 0 Å². The summed E-state index contributed by atoms with van der Waals surface area (Å²) in [5.41, 5.74) is 3.12. The Bertz CT molecular complexity index is 635. The maximum absolute atomic E-state index is 10.4. The van der Waals surface area contributed by atoms with Gasteiger partial charge in [-0.15, -0.1) is 0 Å². The maximum atomic E-state index is 10.4. The number of ether oxygens (including phenoxy) is 1. The van der Waals surface area contributed by atoms with E-state index >= 15 is 0 Å². The van der Waals surface area contributed by atoms with Gasteiger partial charge in [0.25, 0.3) is 0 Å². The molecule has 0 radical (unpaired) electrons. The molecule has 3 aliphatic carbocycles. The van der Waals surface area contributed by atoms with Gasteiger partial charge in [-0.1, -0.05) is 38.5 Å². The van der Waals surface area contributed by atoms with E-state index in [1.807, 2.05) is 6.08 Å². The molecule has 0 amide bonds. The Hall–Kier alpha value is -1.28. The van der Waals surface area contributed by atoms with Crippen LogP contribution in [-0.2, 0) is 6.42 Å². The van der Waals surface area contributed by atoms with Crippen molar-refractivity contribution in [1.29, 1.82) is 0 Å². The highest BCUT2D eigenvalue weighted by Crippen LogP contribution is 2.58. The number of unbranched alkanes of at least 4 members (excludes halogenated alkanes) is 1. The van der Waals surface area contributed by atoms with Crippen LogP contribution in [0.1, 0.15) is 63.0 Å². The molecule has 0 aromatic heterocycles. The van der Waals surface area contributed by atoms with Crippen molar-refractivity contribution in [2.75, 3.05) is 6.61 Å². The van der Waals surface area contributed by atoms with Crippen LogP contribution in [0.3, 0.4) is 0 Å². The van der Waals surface area contributed by atoms with E-state index in [0.29, 0.717) is 17.8 Å². The average molecular weight is 326 g/mol. The lowest BCUT2D eigenvalue weighted by atomic mass is 9.55. The summed E-state index contributed by atoms with van der Waals surface area (Å²) in [6.45, 7) is 5.31. The van der Waals surface area contributed by atoms with Crippen molar-refractivity contribution in [1.82, 2.24) is 0 Å². The first kappa shape index (κ1) is 16.2. The van der Waals surface area contributed by atoms with Crippen LogP contribution in [-0.4, -0.2) is 17.8 Å². The first-order valence-corrected chi connectivity index (χ1v) is 9.75. The Morgan fingerprint density at radius 3 is 2.96 bits per heavy atom. The summed E-state index contributed by atoms with van der Waals surface area (Å²) >= 11 is 0. The van der Waals surface area contributed by atoms with Crippen molar-refractivity contribution < 1.29 is 9.84 Å². The topological polar surface area (TPSA) is 29.5 Å². The molecule has 1 fully saturated rings. The van der Waals surface area contributed by atoms with Gasteiger partial charge in [-0.25, -0.2) is 0 Å². The molecule has 0 aliphatic heterocycles. The molecule has 0 saturated heterocycles. The molecular formula is C22H30O2. The summed E-state index contributed by atoms with van der Waals surface area (Å²) in [5, 5.41) is 10.4. The fraction of sp³-hybridized carbons (Fsp3) is 0.636. The smallest absolute Gasteiger partial charge is 0.119 e. The molecule has 1 saturated carbocycles. The lowest BCUT2D eigenvalue weighted by Gasteiger charge is -2.50. The SMILES string of the molecule is CCCCOc1ccc2c(c1)CCC1C2CC[C@@]2(C)C1C=C[C@@H]2O. The van der Waals surface area contributed by atoms with Crippen LogP contribution in [0.15, 0.2) is 30.4 Å². The van der Waals surface area contributed by atoms with Crippen LogP contribution in [0.5, 0.6) is 5.75 Å². The van der Waals surface area contributed by atoms with Gasteiger partial charge in [0.05, 0.1) is 12.7 Å². The van der Waals surface area contributed by atoms with Crippen molar-refractivity contribution in [2.45, 2.75) is 64.4 Å². The molecule has 0 bridgehead atoms. The molecule has 2 nitrogen and oxygen atoms in total. The van der Waals surface area contributed by atoms with E-state index in [4.69, 9.17) is 4.74 Å². The lowest BCUT2D eigenvalue weighted by Crippen LogP contribution is -2.44. The van der Waals surface area contributed by atoms with Gasteiger partial charge in [-0.05, 0) is 73.1 Å². The van der Waals surface area contributed by atoms with Crippen molar-refractivity contribution in [2.24, 2.45) is 17.3 Å². The van der Waals surface area contributed by atoms with Gasteiger partial charge < -0.3 is 9.84 Å². The van der Waals surface area contributed by atoms with E-state index in [-0.39, 0.29) is 11.5 Å². The maximum Gasteiger partial charge on any atom is 0.119 e. The minimum Gasteiger partial charge on any atom is -0.494 e. The van der Waals surface area contributed by atoms with Crippen molar-refractivity contribution in [3.05, 3.63) is 41.5 Å². The van der Waals surface area contributed by atoms with Crippen LogP contribution >= 0.6 is 0 Å². The molecule has 24 heavy (non-hydrogen) atoms. The zero-order valence-electron chi connectivity index (χ0n) is 15.0. The normalized spacial score (nSPS) is 36.8. The molecule has 0 heterocycles. The predicted octanol–water partition coefficient (Wildman–Crippen LogP) is 4.86. The minimum absolute atomic E-state index is 0.0713. The highest BCUT2D eigenvalue weighted by Gasteiger charge is 2.52. The highest BCUT2D eigenvalue weighted by atomic mass is 16.5. The number of rotatable bonds is 4. The van der Waals surface area contributed by atoms with E-state index in [2.05, 4.69) is 38.1 Å². The zero-order chi connectivity index (χ0) is 16.7.